The number of aldehydes is 1. The van der Waals surface area contributed by atoms with E-state index in [1.54, 1.807) is 0 Å². The second-order valence-corrected chi connectivity index (χ2v) is 3.84. The Bertz CT molecular complexity index is 266. The molecule has 0 fully saturated rings. The third-order valence-corrected chi connectivity index (χ3v) is 2.15. The molecule has 64 valence electrons. The Balaban J connectivity index is 2.78. The van der Waals surface area contributed by atoms with Gasteiger partial charge >= 0.3 is 0 Å². The van der Waals surface area contributed by atoms with Crippen molar-refractivity contribution in [1.82, 2.24) is 0 Å². The SMILES string of the molecule is O=CCCc1cc(Cl)cc(Br)c1. The first kappa shape index (κ1) is 9.75. The fraction of sp³-hybridized carbons (Fsp3) is 0.222. The molecule has 0 aliphatic rings. The molecule has 1 aromatic carbocycles. The number of hydrogen-bond donors (Lipinski definition) is 0. The quantitative estimate of drug-likeness (QED) is 0.750. The zero-order valence-corrected chi connectivity index (χ0v) is 8.73. The average molecular weight is 248 g/mol. The second-order valence-electron chi connectivity index (χ2n) is 2.48. The minimum atomic E-state index is 0.548. The summed E-state index contributed by atoms with van der Waals surface area (Å²) in [6.07, 6.45) is 2.21. The van der Waals surface area contributed by atoms with Gasteiger partial charge in [0.1, 0.15) is 6.29 Å². The smallest absolute Gasteiger partial charge is 0.120 e. The summed E-state index contributed by atoms with van der Waals surface area (Å²) in [6.45, 7) is 0. The fourth-order valence-corrected chi connectivity index (χ4v) is 1.91. The molecule has 0 saturated heterocycles. The molecule has 0 saturated carbocycles. The number of carbonyl (C=O) groups excluding carboxylic acids is 1. The van der Waals surface area contributed by atoms with Gasteiger partial charge in [0.2, 0.25) is 0 Å². The van der Waals surface area contributed by atoms with Gasteiger partial charge in [-0.3, -0.25) is 0 Å². The lowest BCUT2D eigenvalue weighted by Gasteiger charge is -1.99. The average Bonchev–Trinajstić information content (AvgIpc) is 1.99. The van der Waals surface area contributed by atoms with Crippen LogP contribution in [0.5, 0.6) is 0 Å². The van der Waals surface area contributed by atoms with Gasteiger partial charge in [-0.1, -0.05) is 27.5 Å². The maximum Gasteiger partial charge on any atom is 0.120 e. The van der Waals surface area contributed by atoms with Crippen molar-refractivity contribution >= 4 is 33.8 Å². The van der Waals surface area contributed by atoms with Crippen LogP contribution in [0.15, 0.2) is 22.7 Å². The van der Waals surface area contributed by atoms with Gasteiger partial charge in [-0.05, 0) is 30.2 Å². The number of benzene rings is 1. The Hall–Kier alpha value is -0.340. The second kappa shape index (κ2) is 4.63. The van der Waals surface area contributed by atoms with E-state index in [1.165, 1.54) is 0 Å². The Kier molecular flexibility index (Phi) is 3.76. The van der Waals surface area contributed by atoms with Crippen molar-refractivity contribution in [2.24, 2.45) is 0 Å². The van der Waals surface area contributed by atoms with Crippen molar-refractivity contribution in [3.05, 3.63) is 33.3 Å². The molecular weight excluding hydrogens is 239 g/mol. The Morgan fingerprint density at radius 1 is 1.42 bits per heavy atom. The maximum absolute atomic E-state index is 10.1. The summed E-state index contributed by atoms with van der Waals surface area (Å²) in [5, 5.41) is 0.699. The van der Waals surface area contributed by atoms with Crippen LogP contribution in [0.4, 0.5) is 0 Å². The first-order valence-electron chi connectivity index (χ1n) is 3.61. The predicted molar refractivity (Wildman–Crippen MR) is 53.5 cm³/mol. The number of hydrogen-bond acceptors (Lipinski definition) is 1. The molecule has 3 heteroatoms. The summed E-state index contributed by atoms with van der Waals surface area (Å²) in [4.78, 5) is 10.1. The monoisotopic (exact) mass is 246 g/mol. The largest absolute Gasteiger partial charge is 0.303 e. The van der Waals surface area contributed by atoms with Crippen LogP contribution in [-0.4, -0.2) is 6.29 Å². The van der Waals surface area contributed by atoms with E-state index in [1.807, 2.05) is 18.2 Å². The van der Waals surface area contributed by atoms with Gasteiger partial charge in [-0.25, -0.2) is 0 Å². The molecule has 0 aliphatic carbocycles. The van der Waals surface area contributed by atoms with Gasteiger partial charge in [-0.15, -0.1) is 0 Å². The van der Waals surface area contributed by atoms with E-state index >= 15 is 0 Å². The van der Waals surface area contributed by atoms with Crippen LogP contribution in [-0.2, 0) is 11.2 Å². The highest BCUT2D eigenvalue weighted by Crippen LogP contribution is 2.20. The molecule has 0 aliphatic heterocycles. The van der Waals surface area contributed by atoms with E-state index in [0.717, 1.165) is 22.7 Å². The highest BCUT2D eigenvalue weighted by Gasteiger charge is 1.96. The van der Waals surface area contributed by atoms with Crippen molar-refractivity contribution in [1.29, 1.82) is 0 Å². The van der Waals surface area contributed by atoms with Crippen molar-refractivity contribution < 1.29 is 4.79 Å². The van der Waals surface area contributed by atoms with Gasteiger partial charge in [0, 0.05) is 15.9 Å². The predicted octanol–water partition coefficient (Wildman–Crippen LogP) is 3.23. The van der Waals surface area contributed by atoms with Crippen LogP contribution >= 0.6 is 27.5 Å². The third-order valence-electron chi connectivity index (χ3n) is 1.47. The molecule has 0 N–H and O–H groups in total. The molecule has 0 bridgehead atoms. The number of aryl methyl sites for hydroxylation is 1. The van der Waals surface area contributed by atoms with Crippen molar-refractivity contribution in [3.63, 3.8) is 0 Å². The topological polar surface area (TPSA) is 17.1 Å². The molecule has 0 aromatic heterocycles. The minimum Gasteiger partial charge on any atom is -0.303 e. The minimum absolute atomic E-state index is 0.548. The van der Waals surface area contributed by atoms with Gasteiger partial charge < -0.3 is 4.79 Å². The van der Waals surface area contributed by atoms with E-state index in [2.05, 4.69) is 15.9 Å². The molecule has 12 heavy (non-hydrogen) atoms. The third kappa shape index (κ3) is 2.95. The molecule has 1 rings (SSSR count). The summed E-state index contributed by atoms with van der Waals surface area (Å²) in [5.74, 6) is 0. The summed E-state index contributed by atoms with van der Waals surface area (Å²) in [7, 11) is 0. The molecule has 0 radical (unpaired) electrons. The van der Waals surface area contributed by atoms with Gasteiger partial charge in [0.15, 0.2) is 0 Å². The number of rotatable bonds is 3. The molecule has 0 amide bonds. The van der Waals surface area contributed by atoms with Crippen LogP contribution in [0.3, 0.4) is 0 Å². The lowest BCUT2D eigenvalue weighted by molar-refractivity contribution is -0.107. The van der Waals surface area contributed by atoms with Gasteiger partial charge in [0.25, 0.3) is 0 Å². The molecule has 1 aromatic rings. The summed E-state index contributed by atoms with van der Waals surface area (Å²) in [5.41, 5.74) is 1.08. The number of halogens is 2. The molecule has 0 spiro atoms. The molecule has 1 nitrogen and oxygen atoms in total. The zero-order valence-electron chi connectivity index (χ0n) is 6.39. The Morgan fingerprint density at radius 2 is 2.17 bits per heavy atom. The highest BCUT2D eigenvalue weighted by molar-refractivity contribution is 9.10. The van der Waals surface area contributed by atoms with Crippen LogP contribution in [0.1, 0.15) is 12.0 Å². The van der Waals surface area contributed by atoms with Crippen molar-refractivity contribution in [2.75, 3.05) is 0 Å². The van der Waals surface area contributed by atoms with E-state index in [4.69, 9.17) is 11.6 Å². The zero-order chi connectivity index (χ0) is 8.97. The standard InChI is InChI=1S/C9H8BrClO/c10-8-4-7(2-1-3-12)5-9(11)6-8/h3-6H,1-2H2. The van der Waals surface area contributed by atoms with E-state index in [9.17, 15) is 4.79 Å². The first-order chi connectivity index (χ1) is 5.72. The van der Waals surface area contributed by atoms with Crippen LogP contribution in [0.25, 0.3) is 0 Å². The molecular formula is C9H8BrClO. The molecule has 0 atom stereocenters. The van der Waals surface area contributed by atoms with Crippen LogP contribution < -0.4 is 0 Å². The molecule has 0 heterocycles. The van der Waals surface area contributed by atoms with Gasteiger partial charge in [-0.2, -0.15) is 0 Å². The van der Waals surface area contributed by atoms with Crippen molar-refractivity contribution in [2.45, 2.75) is 12.8 Å². The first-order valence-corrected chi connectivity index (χ1v) is 4.78. The summed E-state index contributed by atoms with van der Waals surface area (Å²) in [6, 6.07) is 5.66. The van der Waals surface area contributed by atoms with Crippen LogP contribution in [0.2, 0.25) is 5.02 Å². The van der Waals surface area contributed by atoms with E-state index in [-0.39, 0.29) is 0 Å². The Labute approximate surface area is 84.9 Å². The number of carbonyl (C=O) groups is 1. The summed E-state index contributed by atoms with van der Waals surface area (Å²) < 4.78 is 0.955. The molecule has 0 unspecified atom stereocenters. The Morgan fingerprint density at radius 3 is 2.75 bits per heavy atom. The summed E-state index contributed by atoms with van der Waals surface area (Å²) >= 11 is 9.14. The fourth-order valence-electron chi connectivity index (χ4n) is 0.981. The van der Waals surface area contributed by atoms with Gasteiger partial charge in [0.05, 0.1) is 0 Å². The maximum atomic E-state index is 10.1. The highest BCUT2D eigenvalue weighted by atomic mass is 79.9. The van der Waals surface area contributed by atoms with E-state index < -0.39 is 0 Å². The lowest BCUT2D eigenvalue weighted by atomic mass is 10.1. The lowest BCUT2D eigenvalue weighted by Crippen LogP contribution is -1.85. The van der Waals surface area contributed by atoms with Crippen molar-refractivity contribution in [3.8, 4) is 0 Å². The van der Waals surface area contributed by atoms with E-state index in [0.29, 0.717) is 11.4 Å². The van der Waals surface area contributed by atoms with Crippen LogP contribution in [0, 0.1) is 0 Å². The normalized spacial score (nSPS) is 9.83.